The van der Waals surface area contributed by atoms with Crippen LogP contribution < -0.4 is 5.32 Å². The van der Waals surface area contributed by atoms with Crippen LogP contribution in [0.1, 0.15) is 13.8 Å². The van der Waals surface area contributed by atoms with Crippen LogP contribution in [-0.4, -0.2) is 19.8 Å². The number of benzene rings is 1. The Morgan fingerprint density at radius 3 is 2.81 bits per heavy atom. The Bertz CT molecular complexity index is 331. The third-order valence-corrected chi connectivity index (χ3v) is 2.60. The number of anilines is 1. The largest absolute Gasteiger partial charge is 0.382 e. The van der Waals surface area contributed by atoms with E-state index in [9.17, 15) is 4.39 Å². The Labute approximate surface area is 104 Å². The molecular weight excluding hydrogens is 273 g/mol. The predicted octanol–water partition coefficient (Wildman–Crippen LogP) is 3.67. The summed E-state index contributed by atoms with van der Waals surface area (Å²) in [6.07, 6.45) is 0. The van der Waals surface area contributed by atoms with Gasteiger partial charge in [-0.3, -0.25) is 0 Å². The second-order valence-corrected chi connectivity index (χ2v) is 4.87. The van der Waals surface area contributed by atoms with Gasteiger partial charge in [-0.05, 0) is 40.0 Å². The lowest BCUT2D eigenvalue weighted by molar-refractivity contribution is 0.118. The van der Waals surface area contributed by atoms with Gasteiger partial charge in [-0.25, -0.2) is 4.39 Å². The quantitative estimate of drug-likeness (QED) is 0.807. The van der Waals surface area contributed by atoms with Crippen LogP contribution in [0.4, 0.5) is 10.1 Å². The van der Waals surface area contributed by atoms with Crippen molar-refractivity contribution in [1.29, 1.82) is 0 Å². The molecule has 0 heterocycles. The third kappa shape index (κ3) is 4.94. The maximum Gasteiger partial charge on any atom is 0.124 e. The minimum Gasteiger partial charge on any atom is -0.382 e. The number of hydrogen-bond acceptors (Lipinski definition) is 2. The molecule has 0 radical (unpaired) electrons. The van der Waals surface area contributed by atoms with Gasteiger partial charge in [0.25, 0.3) is 0 Å². The molecule has 0 amide bonds. The van der Waals surface area contributed by atoms with Gasteiger partial charge in [0.05, 0.1) is 6.61 Å². The first-order valence-electron chi connectivity index (χ1n) is 5.36. The van der Waals surface area contributed by atoms with Crippen LogP contribution in [-0.2, 0) is 4.74 Å². The lowest BCUT2D eigenvalue weighted by Gasteiger charge is -2.10. The molecule has 4 heteroatoms. The van der Waals surface area contributed by atoms with Gasteiger partial charge in [0, 0.05) is 23.3 Å². The van der Waals surface area contributed by atoms with E-state index in [-0.39, 0.29) is 5.82 Å². The van der Waals surface area contributed by atoms with Gasteiger partial charge in [0.2, 0.25) is 0 Å². The zero-order valence-corrected chi connectivity index (χ0v) is 11.2. The van der Waals surface area contributed by atoms with Crippen LogP contribution >= 0.6 is 15.9 Å². The third-order valence-electron chi connectivity index (χ3n) is 1.94. The molecule has 1 rings (SSSR count). The molecule has 1 aromatic rings. The van der Waals surface area contributed by atoms with Crippen LogP contribution in [0, 0.1) is 11.7 Å². The lowest BCUT2D eigenvalue weighted by Crippen LogP contribution is -2.12. The molecule has 0 aliphatic carbocycles. The maximum atomic E-state index is 12.8. The first-order chi connectivity index (χ1) is 7.59. The van der Waals surface area contributed by atoms with E-state index < -0.39 is 0 Å². The Balaban J connectivity index is 2.27. The molecule has 0 saturated heterocycles. The van der Waals surface area contributed by atoms with Gasteiger partial charge in [-0.2, -0.15) is 0 Å². The SMILES string of the molecule is CC(C)COCCNc1ccc(F)cc1Br. The fraction of sp³-hybridized carbons (Fsp3) is 0.500. The highest BCUT2D eigenvalue weighted by molar-refractivity contribution is 9.10. The van der Waals surface area contributed by atoms with Crippen molar-refractivity contribution < 1.29 is 9.13 Å². The van der Waals surface area contributed by atoms with Gasteiger partial charge in [0.1, 0.15) is 5.82 Å². The number of nitrogens with one attached hydrogen (secondary N) is 1. The second kappa shape index (κ2) is 6.86. The Morgan fingerprint density at radius 2 is 2.19 bits per heavy atom. The summed E-state index contributed by atoms with van der Waals surface area (Å²) in [6, 6.07) is 4.58. The van der Waals surface area contributed by atoms with Crippen LogP contribution in [0.25, 0.3) is 0 Å². The van der Waals surface area contributed by atoms with Gasteiger partial charge in [-0.15, -0.1) is 0 Å². The molecule has 0 spiro atoms. The molecule has 0 aromatic heterocycles. The van der Waals surface area contributed by atoms with E-state index >= 15 is 0 Å². The van der Waals surface area contributed by atoms with E-state index in [1.54, 1.807) is 6.07 Å². The molecule has 16 heavy (non-hydrogen) atoms. The smallest absolute Gasteiger partial charge is 0.124 e. The van der Waals surface area contributed by atoms with Crippen LogP contribution in [0.3, 0.4) is 0 Å². The first kappa shape index (κ1) is 13.5. The Morgan fingerprint density at radius 1 is 1.44 bits per heavy atom. The lowest BCUT2D eigenvalue weighted by atomic mass is 10.2. The molecule has 90 valence electrons. The molecule has 0 fully saturated rings. The highest BCUT2D eigenvalue weighted by Crippen LogP contribution is 2.22. The van der Waals surface area contributed by atoms with Crippen LogP contribution in [0.15, 0.2) is 22.7 Å². The zero-order chi connectivity index (χ0) is 12.0. The first-order valence-corrected chi connectivity index (χ1v) is 6.15. The minimum atomic E-state index is -0.242. The van der Waals surface area contributed by atoms with Crippen LogP contribution in [0.2, 0.25) is 0 Å². The highest BCUT2D eigenvalue weighted by atomic mass is 79.9. The number of hydrogen-bond donors (Lipinski definition) is 1. The van der Waals surface area contributed by atoms with E-state index in [0.29, 0.717) is 12.5 Å². The van der Waals surface area contributed by atoms with E-state index in [1.165, 1.54) is 12.1 Å². The van der Waals surface area contributed by atoms with Crippen molar-refractivity contribution in [3.05, 3.63) is 28.5 Å². The summed E-state index contributed by atoms with van der Waals surface area (Å²) >= 11 is 3.30. The zero-order valence-electron chi connectivity index (χ0n) is 9.59. The molecule has 0 atom stereocenters. The fourth-order valence-corrected chi connectivity index (χ4v) is 1.70. The molecule has 1 N–H and O–H groups in total. The predicted molar refractivity (Wildman–Crippen MR) is 68.2 cm³/mol. The highest BCUT2D eigenvalue weighted by Gasteiger charge is 2.00. The van der Waals surface area contributed by atoms with Crippen molar-refractivity contribution >= 4 is 21.6 Å². The van der Waals surface area contributed by atoms with E-state index in [2.05, 4.69) is 35.1 Å². The molecule has 0 bridgehead atoms. The summed E-state index contributed by atoms with van der Waals surface area (Å²) in [6.45, 7) is 6.37. The molecule has 2 nitrogen and oxygen atoms in total. The number of ether oxygens (including phenoxy) is 1. The van der Waals surface area contributed by atoms with Crippen molar-refractivity contribution in [2.75, 3.05) is 25.1 Å². The summed E-state index contributed by atoms with van der Waals surface area (Å²) in [5.74, 6) is 0.311. The van der Waals surface area contributed by atoms with E-state index in [0.717, 1.165) is 23.3 Å². The topological polar surface area (TPSA) is 21.3 Å². The van der Waals surface area contributed by atoms with E-state index in [4.69, 9.17) is 4.74 Å². The molecule has 1 aromatic carbocycles. The van der Waals surface area contributed by atoms with Gasteiger partial charge < -0.3 is 10.1 Å². The summed E-state index contributed by atoms with van der Waals surface area (Å²) in [5, 5.41) is 3.18. The fourth-order valence-electron chi connectivity index (χ4n) is 1.21. The summed E-state index contributed by atoms with van der Waals surface area (Å²) in [7, 11) is 0. The molecule has 0 aliphatic rings. The summed E-state index contributed by atoms with van der Waals surface area (Å²) in [5.41, 5.74) is 0.884. The molecular formula is C12H17BrFNO. The standard InChI is InChI=1S/C12H17BrFNO/c1-9(2)8-16-6-5-15-12-4-3-10(14)7-11(12)13/h3-4,7,9,15H,5-6,8H2,1-2H3. The van der Waals surface area contributed by atoms with Gasteiger partial charge >= 0.3 is 0 Å². The van der Waals surface area contributed by atoms with Crippen molar-refractivity contribution in [3.8, 4) is 0 Å². The Kier molecular flexibility index (Phi) is 5.77. The minimum absolute atomic E-state index is 0.242. The maximum absolute atomic E-state index is 12.8. The van der Waals surface area contributed by atoms with Crippen molar-refractivity contribution in [1.82, 2.24) is 0 Å². The number of halogens is 2. The van der Waals surface area contributed by atoms with Crippen molar-refractivity contribution in [2.45, 2.75) is 13.8 Å². The second-order valence-electron chi connectivity index (χ2n) is 4.02. The van der Waals surface area contributed by atoms with Crippen molar-refractivity contribution in [2.24, 2.45) is 5.92 Å². The summed E-state index contributed by atoms with van der Waals surface area (Å²) in [4.78, 5) is 0. The summed E-state index contributed by atoms with van der Waals surface area (Å²) < 4.78 is 19.0. The molecule has 0 saturated carbocycles. The average Bonchev–Trinajstić information content (AvgIpc) is 2.20. The van der Waals surface area contributed by atoms with Crippen LogP contribution in [0.5, 0.6) is 0 Å². The molecule has 0 aliphatic heterocycles. The average molecular weight is 290 g/mol. The monoisotopic (exact) mass is 289 g/mol. The normalized spacial score (nSPS) is 10.8. The van der Waals surface area contributed by atoms with Crippen molar-refractivity contribution in [3.63, 3.8) is 0 Å². The van der Waals surface area contributed by atoms with Gasteiger partial charge in [0.15, 0.2) is 0 Å². The van der Waals surface area contributed by atoms with E-state index in [1.807, 2.05) is 0 Å². The Hall–Kier alpha value is -0.610. The number of rotatable bonds is 6. The van der Waals surface area contributed by atoms with Gasteiger partial charge in [-0.1, -0.05) is 13.8 Å². The molecule has 0 unspecified atom stereocenters.